The molecule has 2 heterocycles. The molecule has 188 valence electrons. The molecule has 2 aromatic heterocycles. The number of aromatic nitrogens is 3. The molecule has 0 atom stereocenters. The van der Waals surface area contributed by atoms with Crippen molar-refractivity contribution < 1.29 is 17.5 Å². The Labute approximate surface area is 213 Å². The average molecular weight is 518 g/mol. The van der Waals surface area contributed by atoms with Gasteiger partial charge in [-0.25, -0.2) is 22.8 Å². The zero-order valence-electron chi connectivity index (χ0n) is 19.1. The normalized spacial score (nSPS) is 11.2. The monoisotopic (exact) mass is 517 g/mol. The summed E-state index contributed by atoms with van der Waals surface area (Å²) in [5, 5.41) is 0.544. The molecule has 3 aromatic carbocycles. The Hall–Kier alpha value is -4.37. The number of benzene rings is 3. The van der Waals surface area contributed by atoms with Gasteiger partial charge < -0.3 is 4.74 Å². The van der Waals surface area contributed by atoms with Crippen LogP contribution in [-0.4, -0.2) is 30.1 Å². The molecule has 0 aliphatic carbocycles. The molecule has 0 bridgehead atoms. The van der Waals surface area contributed by atoms with Crippen LogP contribution in [0, 0.1) is 5.82 Å². The highest BCUT2D eigenvalue weighted by molar-refractivity contribution is 7.90. The Morgan fingerprint density at radius 1 is 0.892 bits per heavy atom. The van der Waals surface area contributed by atoms with Crippen molar-refractivity contribution in [2.45, 2.75) is 18.1 Å². The molecule has 0 N–H and O–H groups in total. The van der Waals surface area contributed by atoms with Gasteiger partial charge >= 0.3 is 0 Å². The lowest BCUT2D eigenvalue weighted by Gasteiger charge is -2.16. The Morgan fingerprint density at radius 2 is 1.65 bits per heavy atom. The molecule has 0 unspecified atom stereocenters. The van der Waals surface area contributed by atoms with Crippen LogP contribution < -0.4 is 10.3 Å². The van der Waals surface area contributed by atoms with E-state index >= 15 is 0 Å². The number of methoxy groups -OCH3 is 1. The second-order valence-electron chi connectivity index (χ2n) is 8.05. The highest BCUT2D eigenvalue weighted by Gasteiger charge is 2.19. The fourth-order valence-corrected chi connectivity index (χ4v) is 5.27. The van der Waals surface area contributed by atoms with Gasteiger partial charge in [0.2, 0.25) is 0 Å². The molecule has 9 heteroatoms. The van der Waals surface area contributed by atoms with E-state index in [4.69, 9.17) is 4.74 Å². The molecule has 0 fully saturated rings. The molecule has 5 rings (SSSR count). The van der Waals surface area contributed by atoms with Gasteiger partial charge in [-0.15, -0.1) is 0 Å². The second kappa shape index (κ2) is 10.3. The summed E-state index contributed by atoms with van der Waals surface area (Å²) in [6.07, 6.45) is 2.98. The Morgan fingerprint density at radius 3 is 2.38 bits per heavy atom. The van der Waals surface area contributed by atoms with E-state index in [-0.39, 0.29) is 35.3 Å². The average Bonchev–Trinajstić information content (AvgIpc) is 2.88. The third-order valence-electron chi connectivity index (χ3n) is 5.74. The summed E-state index contributed by atoms with van der Waals surface area (Å²) < 4.78 is 46.8. The molecule has 0 aliphatic heterocycles. The first-order valence-corrected chi connectivity index (χ1v) is 12.6. The van der Waals surface area contributed by atoms with Gasteiger partial charge in [0, 0.05) is 23.8 Å². The van der Waals surface area contributed by atoms with Crippen molar-refractivity contribution in [2.75, 3.05) is 7.11 Å². The Bertz CT molecular complexity index is 1750. The first-order valence-electron chi connectivity index (χ1n) is 10.9. The van der Waals surface area contributed by atoms with Gasteiger partial charge in [0.1, 0.15) is 23.1 Å². The minimum Gasteiger partial charge on any atom is -0.495 e. The quantitative estimate of drug-likeness (QED) is 0.307. The first-order chi connectivity index (χ1) is 17.4. The summed E-state index contributed by atoms with van der Waals surface area (Å²) in [6.45, 7) is 0. The fraction of sp³-hybridized carbons (Fsp3) is 0.107. The van der Waals surface area contributed by atoms with Crippen molar-refractivity contribution in [1.29, 1.82) is 0 Å². The molecule has 5 aromatic rings. The Kier molecular flexibility index (Phi) is 7.17. The van der Waals surface area contributed by atoms with Crippen molar-refractivity contribution in [3.8, 4) is 22.6 Å². The minimum atomic E-state index is -3.72. The van der Waals surface area contributed by atoms with E-state index in [1.54, 1.807) is 48.5 Å². The molecule has 0 aliphatic rings. The maximum Gasteiger partial charge on any atom is 0.255 e. The van der Waals surface area contributed by atoms with Crippen LogP contribution in [0.5, 0.6) is 5.75 Å². The van der Waals surface area contributed by atoms with E-state index < -0.39 is 9.84 Å². The first kappa shape index (κ1) is 25.7. The summed E-state index contributed by atoms with van der Waals surface area (Å²) in [6, 6.07) is 20.5. The SMILES string of the molecule is C.COc1ccc(-c2cccc(F)c2)cc1-n1c(=O)ccc2cc(S(=O)(=O)Cc3ncccn3)ccc21. The smallest absolute Gasteiger partial charge is 0.255 e. The largest absolute Gasteiger partial charge is 0.495 e. The minimum absolute atomic E-state index is 0. The van der Waals surface area contributed by atoms with Crippen LogP contribution in [-0.2, 0) is 15.6 Å². The van der Waals surface area contributed by atoms with Gasteiger partial charge in [0.05, 0.1) is 23.2 Å². The van der Waals surface area contributed by atoms with Crippen LogP contribution in [0.4, 0.5) is 4.39 Å². The predicted molar refractivity (Wildman–Crippen MR) is 141 cm³/mol. The van der Waals surface area contributed by atoms with Gasteiger partial charge in [0.15, 0.2) is 9.84 Å². The van der Waals surface area contributed by atoms with E-state index in [1.165, 1.54) is 54.4 Å². The van der Waals surface area contributed by atoms with Crippen LogP contribution in [0.25, 0.3) is 27.7 Å². The highest BCUT2D eigenvalue weighted by Crippen LogP contribution is 2.31. The number of ether oxygens (including phenoxy) is 1. The van der Waals surface area contributed by atoms with Gasteiger partial charge in [-0.3, -0.25) is 9.36 Å². The van der Waals surface area contributed by atoms with Gasteiger partial charge in [-0.1, -0.05) is 25.6 Å². The van der Waals surface area contributed by atoms with Crippen molar-refractivity contribution in [1.82, 2.24) is 14.5 Å². The third-order valence-corrected chi connectivity index (χ3v) is 7.35. The number of hydrogen-bond donors (Lipinski definition) is 0. The second-order valence-corrected chi connectivity index (χ2v) is 10.0. The number of fused-ring (bicyclic) bond motifs is 1. The van der Waals surface area contributed by atoms with Gasteiger partial charge in [-0.05, 0) is 65.7 Å². The van der Waals surface area contributed by atoms with Crippen molar-refractivity contribution in [3.05, 3.63) is 113 Å². The standard InChI is InChI=1S/C27H20FN3O4S.CH4/c1-35-25-10-6-19(18-4-2-5-21(28)14-18)16-24(25)31-23-9-8-22(15-20(23)7-11-27(31)32)36(33,34)17-26-29-12-3-13-30-26;/h2-16H,17H2,1H3;1H4. The molecule has 0 radical (unpaired) electrons. The molecule has 7 nitrogen and oxygen atoms in total. The van der Waals surface area contributed by atoms with E-state index in [9.17, 15) is 17.6 Å². The van der Waals surface area contributed by atoms with Crippen molar-refractivity contribution in [2.24, 2.45) is 0 Å². The molecular weight excluding hydrogens is 493 g/mol. The highest BCUT2D eigenvalue weighted by atomic mass is 32.2. The number of halogens is 1. The number of rotatable bonds is 6. The van der Waals surface area contributed by atoms with Crippen LogP contribution in [0.3, 0.4) is 0 Å². The molecule has 37 heavy (non-hydrogen) atoms. The molecule has 0 saturated heterocycles. The van der Waals surface area contributed by atoms with E-state index in [0.29, 0.717) is 33.5 Å². The van der Waals surface area contributed by atoms with Crippen LogP contribution in [0.2, 0.25) is 0 Å². The fourth-order valence-electron chi connectivity index (χ4n) is 4.04. The predicted octanol–water partition coefficient (Wildman–Crippen LogP) is 5.21. The lowest BCUT2D eigenvalue weighted by molar-refractivity contribution is 0.413. The molecule has 0 amide bonds. The third kappa shape index (κ3) is 5.12. The lowest BCUT2D eigenvalue weighted by Crippen LogP contribution is -2.18. The van der Waals surface area contributed by atoms with E-state index in [0.717, 1.165) is 0 Å². The molecular formula is C28H24FN3O4S. The summed E-state index contributed by atoms with van der Waals surface area (Å²) in [4.78, 5) is 21.1. The van der Waals surface area contributed by atoms with Crippen molar-refractivity contribution in [3.63, 3.8) is 0 Å². The lowest BCUT2D eigenvalue weighted by atomic mass is 10.0. The number of sulfone groups is 1. The van der Waals surface area contributed by atoms with E-state index in [2.05, 4.69) is 9.97 Å². The summed E-state index contributed by atoms with van der Waals surface area (Å²) in [7, 11) is -2.23. The van der Waals surface area contributed by atoms with E-state index in [1.807, 2.05) is 0 Å². The van der Waals surface area contributed by atoms with Gasteiger partial charge in [0.25, 0.3) is 5.56 Å². The zero-order chi connectivity index (χ0) is 25.3. The number of nitrogens with zero attached hydrogens (tertiary/aromatic N) is 3. The maximum atomic E-state index is 13.8. The molecule has 0 saturated carbocycles. The van der Waals surface area contributed by atoms with Crippen LogP contribution in [0.15, 0.2) is 101 Å². The number of pyridine rings is 1. The maximum absolute atomic E-state index is 13.8. The summed E-state index contributed by atoms with van der Waals surface area (Å²) in [5.41, 5.74) is 1.95. The van der Waals surface area contributed by atoms with Crippen LogP contribution >= 0.6 is 0 Å². The van der Waals surface area contributed by atoms with Crippen LogP contribution in [0.1, 0.15) is 13.3 Å². The summed E-state index contributed by atoms with van der Waals surface area (Å²) in [5.74, 6) is -0.0892. The topological polar surface area (TPSA) is 91.2 Å². The summed E-state index contributed by atoms with van der Waals surface area (Å²) >= 11 is 0. The Balaban J connectivity index is 0.00000320. The van der Waals surface area contributed by atoms with Crippen molar-refractivity contribution >= 4 is 20.7 Å². The molecule has 0 spiro atoms. The zero-order valence-corrected chi connectivity index (χ0v) is 19.9. The van der Waals surface area contributed by atoms with Gasteiger partial charge in [-0.2, -0.15) is 0 Å². The number of hydrogen-bond acceptors (Lipinski definition) is 6.